The Hall–Kier alpha value is 0. The minimum absolute atomic E-state index is 1.10. The fourth-order valence-corrected chi connectivity index (χ4v) is 23.6. The molecular weight excluding hydrogens is 745 g/mol. The highest BCUT2D eigenvalue weighted by molar-refractivity contribution is 5.11. The van der Waals surface area contributed by atoms with Crippen LogP contribution in [0.4, 0.5) is 0 Å². The molecule has 0 radical (unpaired) electrons. The van der Waals surface area contributed by atoms with Crippen molar-refractivity contribution in [3.8, 4) is 0 Å². The van der Waals surface area contributed by atoms with E-state index in [4.69, 9.17) is 0 Å². The summed E-state index contributed by atoms with van der Waals surface area (Å²) >= 11 is 0. The minimum atomic E-state index is 1.10. The van der Waals surface area contributed by atoms with Gasteiger partial charge in [0.25, 0.3) is 0 Å². The largest absolute Gasteiger partial charge is 0.0533 e. The van der Waals surface area contributed by atoms with Crippen molar-refractivity contribution in [2.24, 2.45) is 130 Å². The zero-order valence-corrected chi connectivity index (χ0v) is 41.0. The van der Waals surface area contributed by atoms with Crippen LogP contribution in [0.2, 0.25) is 0 Å². The van der Waals surface area contributed by atoms with E-state index >= 15 is 0 Å². The Kier molecular flexibility index (Phi) is 13.6. The minimum Gasteiger partial charge on any atom is -0.0533 e. The molecule has 0 nitrogen and oxygen atoms in total. The Morgan fingerprint density at radius 2 is 0.403 bits per heavy atom. The topological polar surface area (TPSA) is 0 Å². The van der Waals surface area contributed by atoms with Crippen LogP contribution >= 0.6 is 0 Å². The lowest BCUT2D eigenvalue weighted by molar-refractivity contribution is -0.177. The molecule has 0 N–H and O–H groups in total. The summed E-state index contributed by atoms with van der Waals surface area (Å²) < 4.78 is 0. The van der Waals surface area contributed by atoms with Gasteiger partial charge in [-0.2, -0.15) is 0 Å². The summed E-state index contributed by atoms with van der Waals surface area (Å²) in [7, 11) is 0. The SMILES string of the molecule is C1CCC(C2CCC3CC(C4C5CCCCC5C(C5C6CCCCC6C(C6CCC(C7CCCCC7)C(C7CCCCC7)C6)C6CCCCC65)C5CCCCC54)CCC3C2)CC1. The predicted octanol–water partition coefficient (Wildman–Crippen LogP) is 18.3. The molecule has 0 aromatic heterocycles. The molecule has 0 bridgehead atoms. The average Bonchev–Trinajstić information content (AvgIpc) is 3.35. The van der Waals surface area contributed by atoms with E-state index in [0.29, 0.717) is 0 Å². The molecule has 0 heterocycles. The molecule has 0 heteroatoms. The number of rotatable bonds is 6. The quantitative estimate of drug-likeness (QED) is 0.250. The molecule has 0 aliphatic heterocycles. The fourth-order valence-electron chi connectivity index (χ4n) is 23.6. The predicted molar refractivity (Wildman–Crippen MR) is 261 cm³/mol. The van der Waals surface area contributed by atoms with Crippen LogP contribution < -0.4 is 0 Å². The second-order valence-corrected chi connectivity index (χ2v) is 27.5. The van der Waals surface area contributed by atoms with Gasteiger partial charge in [0.1, 0.15) is 0 Å². The maximum atomic E-state index is 1.71. The molecule has 12 rings (SSSR count). The van der Waals surface area contributed by atoms with Crippen molar-refractivity contribution in [1.29, 1.82) is 0 Å². The highest BCUT2D eigenvalue weighted by atomic mass is 14.7. The summed E-state index contributed by atoms with van der Waals surface area (Å²) in [5.41, 5.74) is 0. The maximum absolute atomic E-state index is 1.71. The van der Waals surface area contributed by atoms with Gasteiger partial charge in [-0.25, -0.2) is 0 Å². The van der Waals surface area contributed by atoms with E-state index in [1.54, 1.807) is 250 Å². The van der Waals surface area contributed by atoms with Crippen LogP contribution in [0.5, 0.6) is 0 Å². The molecule has 12 saturated carbocycles. The van der Waals surface area contributed by atoms with Crippen LogP contribution in [0.1, 0.15) is 257 Å². The van der Waals surface area contributed by atoms with E-state index < -0.39 is 0 Å². The van der Waals surface area contributed by atoms with Gasteiger partial charge in [0, 0.05) is 0 Å². The zero-order valence-electron chi connectivity index (χ0n) is 41.0. The number of hydrogen-bond donors (Lipinski definition) is 0. The lowest BCUT2D eigenvalue weighted by Crippen LogP contribution is -2.60. The van der Waals surface area contributed by atoms with Gasteiger partial charge in [-0.1, -0.05) is 148 Å². The monoisotopic (exact) mass is 847 g/mol. The molecule has 12 aliphatic rings. The van der Waals surface area contributed by atoms with Gasteiger partial charge in [-0.3, -0.25) is 0 Å². The van der Waals surface area contributed by atoms with Crippen LogP contribution in [0.3, 0.4) is 0 Å². The molecule has 0 aromatic rings. The summed E-state index contributed by atoms with van der Waals surface area (Å²) in [6.45, 7) is 0. The van der Waals surface area contributed by atoms with Crippen LogP contribution in [0.15, 0.2) is 0 Å². The van der Waals surface area contributed by atoms with Gasteiger partial charge in [-0.15, -0.1) is 0 Å². The van der Waals surface area contributed by atoms with Gasteiger partial charge in [-0.05, 0) is 239 Å². The lowest BCUT2D eigenvalue weighted by atomic mass is 9.39. The highest BCUT2D eigenvalue weighted by Gasteiger charge is 2.62. The lowest BCUT2D eigenvalue weighted by Gasteiger charge is -2.66. The summed E-state index contributed by atoms with van der Waals surface area (Å²) in [5, 5.41) is 0. The van der Waals surface area contributed by atoms with Crippen molar-refractivity contribution in [1.82, 2.24) is 0 Å². The number of fused-ring (bicyclic) bond motifs is 5. The summed E-state index contributed by atoms with van der Waals surface area (Å²) in [6, 6.07) is 0. The van der Waals surface area contributed by atoms with Crippen molar-refractivity contribution >= 4 is 0 Å². The smallest absolute Gasteiger partial charge is 0.0318 e. The van der Waals surface area contributed by atoms with E-state index in [2.05, 4.69) is 0 Å². The summed E-state index contributed by atoms with van der Waals surface area (Å²) in [5.74, 6) is 24.7. The number of hydrogen-bond acceptors (Lipinski definition) is 0. The molecule has 12 aliphatic carbocycles. The zero-order chi connectivity index (χ0) is 41.0. The Balaban J connectivity index is 0.818. The van der Waals surface area contributed by atoms with Crippen LogP contribution in [-0.2, 0) is 0 Å². The van der Waals surface area contributed by atoms with Crippen LogP contribution in [-0.4, -0.2) is 0 Å². The normalized spacial score (nSPS) is 51.2. The van der Waals surface area contributed by atoms with E-state index in [1.165, 1.54) is 6.42 Å². The molecule has 350 valence electrons. The van der Waals surface area contributed by atoms with Crippen molar-refractivity contribution in [3.63, 3.8) is 0 Å². The van der Waals surface area contributed by atoms with Gasteiger partial charge >= 0.3 is 0 Å². The molecule has 0 saturated heterocycles. The van der Waals surface area contributed by atoms with E-state index in [-0.39, 0.29) is 0 Å². The molecular formula is C62H102. The third kappa shape index (κ3) is 8.26. The molecule has 0 spiro atoms. The molecule has 15 unspecified atom stereocenters. The Bertz CT molecular complexity index is 1360. The van der Waals surface area contributed by atoms with Gasteiger partial charge in [0.15, 0.2) is 0 Å². The van der Waals surface area contributed by atoms with E-state index in [1.807, 2.05) is 0 Å². The van der Waals surface area contributed by atoms with Gasteiger partial charge < -0.3 is 0 Å². The fraction of sp³-hybridized carbons (Fsp3) is 1.00. The molecule has 15 atom stereocenters. The first-order valence-electron chi connectivity index (χ1n) is 30.8. The average molecular weight is 847 g/mol. The molecule has 12 fully saturated rings. The van der Waals surface area contributed by atoms with Crippen LogP contribution in [0.25, 0.3) is 0 Å². The Morgan fingerprint density at radius 3 is 0.823 bits per heavy atom. The van der Waals surface area contributed by atoms with Gasteiger partial charge in [0.05, 0.1) is 0 Å². The van der Waals surface area contributed by atoms with E-state index in [0.717, 1.165) is 130 Å². The van der Waals surface area contributed by atoms with E-state index in [9.17, 15) is 0 Å². The van der Waals surface area contributed by atoms with Crippen molar-refractivity contribution < 1.29 is 0 Å². The molecule has 0 aromatic carbocycles. The van der Waals surface area contributed by atoms with Crippen molar-refractivity contribution in [3.05, 3.63) is 0 Å². The Labute approximate surface area is 385 Å². The first-order chi connectivity index (χ1) is 30.8. The second kappa shape index (κ2) is 19.5. The maximum Gasteiger partial charge on any atom is -0.0318 e. The van der Waals surface area contributed by atoms with Crippen molar-refractivity contribution in [2.75, 3.05) is 0 Å². The van der Waals surface area contributed by atoms with Crippen molar-refractivity contribution in [2.45, 2.75) is 257 Å². The Morgan fingerprint density at radius 1 is 0.129 bits per heavy atom. The molecule has 0 amide bonds. The summed E-state index contributed by atoms with van der Waals surface area (Å²) in [4.78, 5) is 0. The summed E-state index contributed by atoms with van der Waals surface area (Å²) in [6.07, 6.45) is 64.7. The standard InChI is InChI=1S/C62H102/c1-4-18-41(19-5-1)44-32-33-46-39-47(35-34-45(46)38-44)59-50-24-10-14-28-54(50)61(55-29-15-11-25-51(55)59)62-56-30-16-12-26-52(56)60(53-27-13-17-31-57(53)62)48-36-37-49(42-20-6-2-7-21-42)58(40-48)43-22-8-3-9-23-43/h41-62H,1-40H2. The third-order valence-corrected chi connectivity index (χ3v) is 25.5. The first kappa shape index (κ1) is 43.3. The highest BCUT2D eigenvalue weighted by Crippen LogP contribution is 2.69. The molecule has 62 heavy (non-hydrogen) atoms. The first-order valence-corrected chi connectivity index (χ1v) is 30.8. The second-order valence-electron chi connectivity index (χ2n) is 27.5. The van der Waals surface area contributed by atoms with Gasteiger partial charge in [0.2, 0.25) is 0 Å². The third-order valence-electron chi connectivity index (χ3n) is 25.5. The van der Waals surface area contributed by atoms with Crippen LogP contribution in [0, 0.1) is 130 Å².